The third kappa shape index (κ3) is 9.09. The Balaban J connectivity index is 1.29. The number of halogens is 3. The number of urea groups is 1. The topological polar surface area (TPSA) is 103 Å². The Kier molecular flexibility index (Phi) is 10.8. The van der Waals surface area contributed by atoms with Crippen LogP contribution in [-0.2, 0) is 12.7 Å². The summed E-state index contributed by atoms with van der Waals surface area (Å²) in [7, 11) is 4.97. The summed E-state index contributed by atoms with van der Waals surface area (Å²) in [6, 6.07) is 19.4. The average molecular weight is 709 g/mol. The molecule has 245 valence electrons. The van der Waals surface area contributed by atoms with Crippen LogP contribution in [0.1, 0.15) is 21.5 Å². The first-order valence-electron chi connectivity index (χ1n) is 14.7. The molecule has 0 bridgehead atoms. The van der Waals surface area contributed by atoms with Crippen LogP contribution in [0.5, 0.6) is 5.75 Å². The molecule has 14 heteroatoms. The van der Waals surface area contributed by atoms with Gasteiger partial charge in [0.2, 0.25) is 0 Å². The maximum absolute atomic E-state index is 14.1. The Morgan fingerprint density at radius 3 is 2.32 bits per heavy atom. The molecule has 0 spiro atoms. The van der Waals surface area contributed by atoms with E-state index in [0.29, 0.717) is 30.3 Å². The van der Waals surface area contributed by atoms with Crippen LogP contribution >= 0.6 is 0 Å². The van der Waals surface area contributed by atoms with E-state index in [1.54, 1.807) is 19.2 Å². The van der Waals surface area contributed by atoms with Crippen LogP contribution in [-0.4, -0.2) is 94.8 Å². The molecule has 4 aromatic rings. The molecule has 1 fully saturated rings. The van der Waals surface area contributed by atoms with Gasteiger partial charge in [0.1, 0.15) is 0 Å². The molecule has 1 aliphatic heterocycles. The van der Waals surface area contributed by atoms with Gasteiger partial charge < -0.3 is 4.90 Å². The number of benzene rings is 3. The molecule has 2 N–H and O–H groups in total. The number of hydrogen-bond acceptors (Lipinski definition) is 7. The van der Waals surface area contributed by atoms with E-state index in [4.69, 9.17) is 4.74 Å². The molecule has 5 rings (SSSR count). The molecule has 3 aromatic carbocycles. The van der Waals surface area contributed by atoms with Crippen molar-refractivity contribution >= 4 is 53.7 Å². The second-order valence-electron chi connectivity index (χ2n) is 11.0. The first kappa shape index (κ1) is 33.9. The van der Waals surface area contributed by atoms with Gasteiger partial charge in [0, 0.05) is 32.7 Å². The van der Waals surface area contributed by atoms with E-state index in [0.717, 1.165) is 28.0 Å². The Labute approximate surface area is 277 Å². The number of anilines is 3. The SMILES string of the molecule is COc1cc(NC(=O)c2ccc(CN3CCN(C)CC3)c(C(F)(F)F)c2)cc(NC(=O)N(C)c2cc([As]c3ccccc3)ncn2)c1. The molecule has 0 aliphatic carbocycles. The predicted molar refractivity (Wildman–Crippen MR) is 176 cm³/mol. The zero-order valence-electron chi connectivity index (χ0n) is 26.1. The van der Waals surface area contributed by atoms with E-state index < -0.39 is 39.4 Å². The number of alkyl halides is 3. The second kappa shape index (κ2) is 15.0. The Bertz CT molecular complexity index is 1720. The number of ether oxygens (including phenoxy) is 1. The minimum atomic E-state index is -4.63. The molecule has 1 aromatic heterocycles. The molecule has 1 aliphatic rings. The molecule has 10 nitrogen and oxygen atoms in total. The third-order valence-electron chi connectivity index (χ3n) is 7.61. The summed E-state index contributed by atoms with van der Waals surface area (Å²) in [5.41, 5.74) is -0.362. The molecular formula is C33H34AsF3N7O3. The number of piperazine rings is 1. The summed E-state index contributed by atoms with van der Waals surface area (Å²) in [6.07, 6.45) is -3.22. The standard InChI is InChI=1S/C33H34AsF3N7O3/c1-42-11-13-44(14-12-42)20-23-10-9-22(15-28(23)33(35,36)37)31(45)40-25-16-26(18-27(17-25)47-3)41-32(46)43(2)30-19-29(38-21-39-30)34-24-7-5-4-6-8-24/h4-10,15-19,21H,11-14,20H2,1-3H3,(H,40,45)(H,41,46). The summed E-state index contributed by atoms with van der Waals surface area (Å²) in [6.45, 7) is 3.02. The zero-order chi connectivity index (χ0) is 33.6. The Hall–Kier alpha value is -4.45. The molecular weight excluding hydrogens is 674 g/mol. The number of likely N-dealkylation sites (N-methyl/N-ethyl adjacent to an activating group) is 1. The molecule has 0 saturated carbocycles. The summed E-state index contributed by atoms with van der Waals surface area (Å²) >= 11 is -0.404. The Morgan fingerprint density at radius 1 is 0.936 bits per heavy atom. The first-order valence-corrected chi connectivity index (χ1v) is 16.6. The van der Waals surface area contributed by atoms with Crippen molar-refractivity contribution < 1.29 is 27.5 Å². The van der Waals surface area contributed by atoms with Crippen molar-refractivity contribution in [3.63, 3.8) is 0 Å². The van der Waals surface area contributed by atoms with E-state index in [1.165, 1.54) is 42.6 Å². The van der Waals surface area contributed by atoms with E-state index in [1.807, 2.05) is 42.3 Å². The van der Waals surface area contributed by atoms with Gasteiger partial charge in [-0.25, -0.2) is 0 Å². The predicted octanol–water partition coefficient (Wildman–Crippen LogP) is 3.83. The van der Waals surface area contributed by atoms with Gasteiger partial charge in [0.25, 0.3) is 0 Å². The molecule has 1 saturated heterocycles. The summed E-state index contributed by atoms with van der Waals surface area (Å²) in [5.74, 6) is -0.0266. The van der Waals surface area contributed by atoms with Crippen LogP contribution in [0.2, 0.25) is 0 Å². The fraction of sp³-hybridized carbons (Fsp3) is 0.273. The molecule has 3 amide bonds. The van der Waals surface area contributed by atoms with E-state index in [2.05, 4.69) is 25.5 Å². The van der Waals surface area contributed by atoms with Crippen molar-refractivity contribution in [2.75, 3.05) is 62.9 Å². The number of carbonyl (C=O) groups is 2. The van der Waals surface area contributed by atoms with Crippen molar-refractivity contribution in [2.24, 2.45) is 0 Å². The number of rotatable bonds is 9. The van der Waals surface area contributed by atoms with Crippen molar-refractivity contribution in [1.29, 1.82) is 0 Å². The number of carbonyl (C=O) groups excluding carboxylic acids is 2. The molecule has 2 heterocycles. The molecule has 1 radical (unpaired) electrons. The van der Waals surface area contributed by atoms with Gasteiger partial charge in [-0.05, 0) is 24.7 Å². The number of amides is 3. The normalized spacial score (nSPS) is 14.3. The van der Waals surface area contributed by atoms with Gasteiger partial charge >= 0.3 is 186 Å². The van der Waals surface area contributed by atoms with E-state index in [9.17, 15) is 22.8 Å². The van der Waals surface area contributed by atoms with Crippen LogP contribution in [0, 0.1) is 0 Å². The quantitative estimate of drug-likeness (QED) is 0.255. The van der Waals surface area contributed by atoms with Gasteiger partial charge in [-0.1, -0.05) is 6.07 Å². The minimum absolute atomic E-state index is 0.117. The number of aromatic nitrogens is 2. The van der Waals surface area contributed by atoms with Crippen LogP contribution < -0.4 is 29.1 Å². The van der Waals surface area contributed by atoms with Gasteiger partial charge in [0.15, 0.2) is 0 Å². The van der Waals surface area contributed by atoms with Crippen LogP contribution in [0.4, 0.5) is 35.2 Å². The number of methoxy groups -OCH3 is 1. The van der Waals surface area contributed by atoms with Gasteiger partial charge in [-0.3, -0.25) is 4.90 Å². The van der Waals surface area contributed by atoms with Gasteiger partial charge in [-0.2, -0.15) is 13.2 Å². The Morgan fingerprint density at radius 2 is 1.64 bits per heavy atom. The fourth-order valence-corrected chi connectivity index (χ4v) is 6.79. The molecule has 0 atom stereocenters. The van der Waals surface area contributed by atoms with Crippen molar-refractivity contribution in [3.8, 4) is 5.75 Å². The second-order valence-corrected chi connectivity index (χ2v) is 13.5. The van der Waals surface area contributed by atoms with Gasteiger partial charge in [-0.15, -0.1) is 0 Å². The zero-order valence-corrected chi connectivity index (χ0v) is 28.0. The summed E-state index contributed by atoms with van der Waals surface area (Å²) in [4.78, 5) is 40.4. The van der Waals surface area contributed by atoms with Crippen molar-refractivity contribution in [2.45, 2.75) is 12.7 Å². The van der Waals surface area contributed by atoms with Gasteiger partial charge in [0.05, 0.1) is 5.56 Å². The summed E-state index contributed by atoms with van der Waals surface area (Å²) in [5, 5.41) is 5.40. The monoisotopic (exact) mass is 708 g/mol. The van der Waals surface area contributed by atoms with Crippen LogP contribution in [0.25, 0.3) is 0 Å². The van der Waals surface area contributed by atoms with Crippen LogP contribution in [0.3, 0.4) is 0 Å². The third-order valence-corrected chi connectivity index (χ3v) is 9.77. The number of hydrogen-bond donors (Lipinski definition) is 2. The number of nitrogens with one attached hydrogen (secondary N) is 2. The average Bonchev–Trinajstić information content (AvgIpc) is 3.05. The van der Waals surface area contributed by atoms with E-state index in [-0.39, 0.29) is 23.4 Å². The number of nitrogens with zero attached hydrogens (tertiary/aromatic N) is 5. The molecule has 47 heavy (non-hydrogen) atoms. The molecule has 0 unspecified atom stereocenters. The summed E-state index contributed by atoms with van der Waals surface area (Å²) < 4.78 is 49.6. The van der Waals surface area contributed by atoms with Crippen molar-refractivity contribution in [1.82, 2.24) is 19.8 Å². The maximum atomic E-state index is 14.1. The van der Waals surface area contributed by atoms with Crippen molar-refractivity contribution in [3.05, 3.63) is 95.8 Å². The first-order chi connectivity index (χ1) is 22.5. The van der Waals surface area contributed by atoms with Crippen LogP contribution in [0.15, 0.2) is 79.1 Å². The fourth-order valence-electron chi connectivity index (χ4n) is 4.96. The van der Waals surface area contributed by atoms with E-state index >= 15 is 0 Å².